The van der Waals surface area contributed by atoms with Crippen molar-refractivity contribution >= 4 is 6.41 Å². The minimum absolute atomic E-state index is 0.693. The number of unbranched alkanes of at least 4 members (excludes halogenated alkanes) is 1. The zero-order chi connectivity index (χ0) is 17.9. The summed E-state index contributed by atoms with van der Waals surface area (Å²) in [4.78, 5) is 11.7. The summed E-state index contributed by atoms with van der Waals surface area (Å²) in [6.07, 6.45) is 4.75. The van der Waals surface area contributed by atoms with Crippen molar-refractivity contribution in [2.75, 3.05) is 26.3 Å². The number of nitrogens with zero attached hydrogens (tertiary/aromatic N) is 1. The number of rotatable bonds is 2. The molecule has 1 heterocycles. The molecule has 0 aromatic carbocycles. The van der Waals surface area contributed by atoms with Gasteiger partial charge in [-0.3, -0.25) is 4.79 Å². The van der Waals surface area contributed by atoms with Crippen LogP contribution in [0.15, 0.2) is 0 Å². The summed E-state index contributed by atoms with van der Waals surface area (Å²) in [5.41, 5.74) is 0. The van der Waals surface area contributed by atoms with E-state index in [2.05, 4.69) is 27.7 Å². The Hall–Kier alpha value is -0.570. The summed E-state index contributed by atoms with van der Waals surface area (Å²) >= 11 is 0. The number of morpholine rings is 1. The van der Waals surface area contributed by atoms with Crippen molar-refractivity contribution in [3.05, 3.63) is 0 Å². The van der Waals surface area contributed by atoms with Crippen LogP contribution in [0.1, 0.15) is 88.5 Å². The van der Waals surface area contributed by atoms with Crippen molar-refractivity contribution in [2.24, 2.45) is 0 Å². The molecule has 1 aliphatic heterocycles. The summed E-state index contributed by atoms with van der Waals surface area (Å²) in [5, 5.41) is 0. The summed E-state index contributed by atoms with van der Waals surface area (Å²) < 4.78 is 5.00. The average Bonchev–Trinajstić information content (AvgIpc) is 2.62. The Balaban J connectivity index is -0.0000000566. The summed E-state index contributed by atoms with van der Waals surface area (Å²) in [6, 6.07) is 0. The van der Waals surface area contributed by atoms with E-state index in [9.17, 15) is 4.79 Å². The van der Waals surface area contributed by atoms with Crippen molar-refractivity contribution < 1.29 is 9.53 Å². The molecule has 0 aliphatic carbocycles. The normalized spacial score (nSPS) is 11.0. The number of amides is 1. The third-order valence-electron chi connectivity index (χ3n) is 1.69. The largest absolute Gasteiger partial charge is 0.378 e. The molecular weight excluding hydrogens is 262 g/mol. The van der Waals surface area contributed by atoms with Crippen LogP contribution in [-0.4, -0.2) is 37.6 Å². The van der Waals surface area contributed by atoms with Crippen molar-refractivity contribution in [3.63, 3.8) is 0 Å². The van der Waals surface area contributed by atoms with Crippen LogP contribution in [0, 0.1) is 0 Å². The van der Waals surface area contributed by atoms with Crippen LogP contribution in [0.4, 0.5) is 0 Å². The standard InChI is InChI=1S/C5H9NO2.C4H10.C3H8.3C2H6/c7-5-6-1-3-8-4-2-6;1-3-4-2;1-3-2;3*1-2/h5H,1-4H2;3-4H2,1-2H3;3H2,1-2H3;3*1-2H3. The Morgan fingerprint density at radius 2 is 1.10 bits per heavy atom. The fraction of sp³-hybridized carbons (Fsp3) is 0.944. The van der Waals surface area contributed by atoms with Gasteiger partial charge in [-0.2, -0.15) is 0 Å². The number of carbonyl (C=O) groups excluding carboxylic acids is 1. The van der Waals surface area contributed by atoms with Crippen LogP contribution < -0.4 is 0 Å². The number of ether oxygens (including phenoxy) is 1. The van der Waals surface area contributed by atoms with Gasteiger partial charge < -0.3 is 9.64 Å². The second-order valence-corrected chi connectivity index (χ2v) is 3.46. The molecule has 1 rings (SSSR count). The van der Waals surface area contributed by atoms with Crippen LogP contribution in [-0.2, 0) is 9.53 Å². The molecule has 0 aromatic rings. The Morgan fingerprint density at radius 1 is 0.810 bits per heavy atom. The molecule has 0 spiro atoms. The average molecular weight is 308 g/mol. The van der Waals surface area contributed by atoms with Gasteiger partial charge in [-0.15, -0.1) is 0 Å². The molecule has 0 aromatic heterocycles. The first kappa shape index (κ1) is 32.4. The molecule has 21 heavy (non-hydrogen) atoms. The third kappa shape index (κ3) is 54.3. The first-order valence-corrected chi connectivity index (χ1v) is 9.03. The molecule has 0 atom stereocenters. The molecule has 0 unspecified atom stereocenters. The van der Waals surface area contributed by atoms with E-state index < -0.39 is 0 Å². The predicted octanol–water partition coefficient (Wildman–Crippen LogP) is 5.78. The van der Waals surface area contributed by atoms with Gasteiger partial charge in [0.1, 0.15) is 0 Å². The summed E-state index contributed by atoms with van der Waals surface area (Å²) in [7, 11) is 0. The zero-order valence-corrected chi connectivity index (χ0v) is 16.8. The molecule has 1 saturated heterocycles. The van der Waals surface area contributed by atoms with Crippen molar-refractivity contribution in [3.8, 4) is 0 Å². The zero-order valence-electron chi connectivity index (χ0n) is 16.8. The maximum Gasteiger partial charge on any atom is 0.209 e. The topological polar surface area (TPSA) is 29.5 Å². The maximum atomic E-state index is 10.0. The van der Waals surface area contributed by atoms with Crippen LogP contribution in [0.2, 0.25) is 0 Å². The first-order valence-electron chi connectivity index (χ1n) is 9.03. The van der Waals surface area contributed by atoms with E-state index in [1.54, 1.807) is 4.90 Å². The lowest BCUT2D eigenvalue weighted by Gasteiger charge is -2.21. The third-order valence-corrected chi connectivity index (χ3v) is 1.69. The highest BCUT2D eigenvalue weighted by Crippen LogP contribution is 1.90. The van der Waals surface area contributed by atoms with Gasteiger partial charge >= 0.3 is 0 Å². The fourth-order valence-corrected chi connectivity index (χ4v) is 0.683. The summed E-state index contributed by atoms with van der Waals surface area (Å²) in [5.74, 6) is 0. The highest BCUT2D eigenvalue weighted by molar-refractivity contribution is 5.46. The van der Waals surface area contributed by atoms with E-state index in [1.807, 2.05) is 41.5 Å². The monoisotopic (exact) mass is 307 g/mol. The Labute approximate surface area is 136 Å². The van der Waals surface area contributed by atoms with E-state index in [4.69, 9.17) is 4.74 Å². The van der Waals surface area contributed by atoms with Gasteiger partial charge in [-0.05, 0) is 0 Å². The van der Waals surface area contributed by atoms with Crippen LogP contribution in [0.25, 0.3) is 0 Å². The predicted molar refractivity (Wildman–Crippen MR) is 99.0 cm³/mol. The molecule has 0 bridgehead atoms. The lowest BCUT2D eigenvalue weighted by Crippen LogP contribution is -2.34. The van der Waals surface area contributed by atoms with Crippen molar-refractivity contribution in [1.82, 2.24) is 4.90 Å². The minimum atomic E-state index is 0.693. The van der Waals surface area contributed by atoms with E-state index in [1.165, 1.54) is 19.3 Å². The van der Waals surface area contributed by atoms with Crippen molar-refractivity contribution in [2.45, 2.75) is 88.5 Å². The molecule has 1 aliphatic rings. The van der Waals surface area contributed by atoms with Gasteiger partial charge in [-0.1, -0.05) is 88.5 Å². The molecule has 1 amide bonds. The minimum Gasteiger partial charge on any atom is -0.378 e. The maximum absolute atomic E-state index is 10.0. The van der Waals surface area contributed by atoms with E-state index >= 15 is 0 Å². The molecule has 0 saturated carbocycles. The van der Waals surface area contributed by atoms with E-state index in [0.29, 0.717) is 13.2 Å². The van der Waals surface area contributed by atoms with Gasteiger partial charge in [0.15, 0.2) is 0 Å². The van der Waals surface area contributed by atoms with Gasteiger partial charge in [0.2, 0.25) is 6.41 Å². The smallest absolute Gasteiger partial charge is 0.209 e. The molecule has 134 valence electrons. The number of hydrogen-bond acceptors (Lipinski definition) is 2. The first-order chi connectivity index (χ1) is 10.3. The Morgan fingerprint density at radius 3 is 1.24 bits per heavy atom. The molecule has 0 radical (unpaired) electrons. The highest BCUT2D eigenvalue weighted by Gasteiger charge is 2.05. The number of carbonyl (C=O) groups is 1. The van der Waals surface area contributed by atoms with Gasteiger partial charge in [0.05, 0.1) is 13.2 Å². The van der Waals surface area contributed by atoms with E-state index in [0.717, 1.165) is 19.5 Å². The Bertz CT molecular complexity index is 112. The van der Waals surface area contributed by atoms with Gasteiger partial charge in [0.25, 0.3) is 0 Å². The van der Waals surface area contributed by atoms with Gasteiger partial charge in [-0.25, -0.2) is 0 Å². The van der Waals surface area contributed by atoms with Crippen molar-refractivity contribution in [1.29, 1.82) is 0 Å². The highest BCUT2D eigenvalue weighted by atomic mass is 16.5. The molecule has 3 heteroatoms. The molecule has 1 fully saturated rings. The Kier molecular flexibility index (Phi) is 77.9. The van der Waals surface area contributed by atoms with E-state index in [-0.39, 0.29) is 0 Å². The second kappa shape index (κ2) is 50.5. The molecular formula is C18H45NO2. The lowest BCUT2D eigenvalue weighted by molar-refractivity contribution is -0.121. The lowest BCUT2D eigenvalue weighted by atomic mass is 10.4. The SMILES string of the molecule is CC.CC.CC.CCC.CCCC.O=CN1CCOCC1. The second-order valence-electron chi connectivity index (χ2n) is 3.46. The van der Waals surface area contributed by atoms with Crippen LogP contribution in [0.3, 0.4) is 0 Å². The summed E-state index contributed by atoms with van der Waals surface area (Å²) in [6.45, 7) is 23.5. The number of hydrogen-bond donors (Lipinski definition) is 0. The van der Waals surface area contributed by atoms with Crippen LogP contribution >= 0.6 is 0 Å². The molecule has 3 nitrogen and oxygen atoms in total. The van der Waals surface area contributed by atoms with Gasteiger partial charge in [0, 0.05) is 13.1 Å². The molecule has 0 N–H and O–H groups in total. The van der Waals surface area contributed by atoms with Crippen LogP contribution in [0.5, 0.6) is 0 Å². The fourth-order valence-electron chi connectivity index (χ4n) is 0.683. The quantitative estimate of drug-likeness (QED) is 0.605.